The molecule has 1 aromatic heterocycles. The number of H-pyrrole nitrogens is 1. The molecule has 0 aliphatic carbocycles. The van der Waals surface area contributed by atoms with Crippen molar-refractivity contribution in [1.82, 2.24) is 19.8 Å². The van der Waals surface area contributed by atoms with Crippen LogP contribution in [0.4, 0.5) is 0 Å². The standard InChI is InChI=1S/C17H22N4O2S/c22-16(18-7-4-8-20-9-11-23-12-10-20)15-13-19-17(24)21(15)14-5-2-1-3-6-14/h1-3,5-6,13H,4,7-12H2,(H,18,22)(H,19,24). The van der Waals surface area contributed by atoms with Crippen molar-refractivity contribution in [2.45, 2.75) is 6.42 Å². The number of aromatic nitrogens is 2. The van der Waals surface area contributed by atoms with Crippen molar-refractivity contribution in [2.75, 3.05) is 39.4 Å². The minimum Gasteiger partial charge on any atom is -0.379 e. The summed E-state index contributed by atoms with van der Waals surface area (Å²) in [5.74, 6) is -0.117. The Morgan fingerprint density at radius 2 is 2.00 bits per heavy atom. The summed E-state index contributed by atoms with van der Waals surface area (Å²) in [5.41, 5.74) is 1.40. The van der Waals surface area contributed by atoms with Crippen molar-refractivity contribution in [1.29, 1.82) is 0 Å². The Kier molecular flexibility index (Phi) is 5.79. The van der Waals surface area contributed by atoms with Crippen LogP contribution in [0.1, 0.15) is 16.9 Å². The van der Waals surface area contributed by atoms with E-state index in [1.807, 2.05) is 30.3 Å². The first-order valence-electron chi connectivity index (χ1n) is 8.20. The van der Waals surface area contributed by atoms with Crippen molar-refractivity contribution in [2.24, 2.45) is 0 Å². The fourth-order valence-electron chi connectivity index (χ4n) is 2.79. The molecule has 1 amide bonds. The van der Waals surface area contributed by atoms with Gasteiger partial charge >= 0.3 is 0 Å². The molecule has 24 heavy (non-hydrogen) atoms. The summed E-state index contributed by atoms with van der Waals surface area (Å²) < 4.78 is 7.60. The number of para-hydroxylation sites is 1. The summed E-state index contributed by atoms with van der Waals surface area (Å²) in [6.45, 7) is 5.16. The molecule has 0 spiro atoms. The van der Waals surface area contributed by atoms with Gasteiger partial charge in [0.25, 0.3) is 5.91 Å². The molecule has 0 atom stereocenters. The lowest BCUT2D eigenvalue weighted by atomic mass is 10.3. The number of benzene rings is 1. The molecule has 0 unspecified atom stereocenters. The van der Waals surface area contributed by atoms with Crippen molar-refractivity contribution in [3.8, 4) is 5.69 Å². The summed E-state index contributed by atoms with van der Waals surface area (Å²) in [7, 11) is 0. The topological polar surface area (TPSA) is 62.3 Å². The molecule has 0 radical (unpaired) electrons. The smallest absolute Gasteiger partial charge is 0.269 e. The number of imidazole rings is 1. The monoisotopic (exact) mass is 346 g/mol. The number of ether oxygens (including phenoxy) is 1. The maximum Gasteiger partial charge on any atom is 0.269 e. The molecule has 7 heteroatoms. The Labute approximate surface area is 146 Å². The highest BCUT2D eigenvalue weighted by atomic mass is 32.1. The quantitative estimate of drug-likeness (QED) is 0.620. The van der Waals surface area contributed by atoms with Gasteiger partial charge in [-0.1, -0.05) is 18.2 Å². The molecule has 2 aromatic rings. The number of morpholine rings is 1. The van der Waals surface area contributed by atoms with E-state index >= 15 is 0 Å². The van der Waals surface area contributed by atoms with Crippen LogP contribution >= 0.6 is 12.2 Å². The molecule has 2 N–H and O–H groups in total. The molecule has 0 bridgehead atoms. The van der Waals surface area contributed by atoms with Gasteiger partial charge in [-0.2, -0.15) is 0 Å². The van der Waals surface area contributed by atoms with Crippen LogP contribution in [0.3, 0.4) is 0 Å². The van der Waals surface area contributed by atoms with E-state index in [2.05, 4.69) is 15.2 Å². The Hall–Kier alpha value is -1.96. The van der Waals surface area contributed by atoms with Gasteiger partial charge in [0.1, 0.15) is 5.69 Å². The number of hydrogen-bond acceptors (Lipinski definition) is 4. The van der Waals surface area contributed by atoms with Crippen LogP contribution in [0.5, 0.6) is 0 Å². The summed E-state index contributed by atoms with van der Waals surface area (Å²) >= 11 is 5.30. The Morgan fingerprint density at radius 3 is 2.75 bits per heavy atom. The second-order valence-electron chi connectivity index (χ2n) is 5.71. The van der Waals surface area contributed by atoms with Gasteiger partial charge in [0.2, 0.25) is 0 Å². The normalized spacial score (nSPS) is 15.3. The average molecular weight is 346 g/mol. The van der Waals surface area contributed by atoms with Crippen molar-refractivity contribution < 1.29 is 9.53 Å². The zero-order valence-corrected chi connectivity index (χ0v) is 14.3. The van der Waals surface area contributed by atoms with E-state index in [4.69, 9.17) is 17.0 Å². The Balaban J connectivity index is 1.57. The van der Waals surface area contributed by atoms with E-state index in [9.17, 15) is 4.79 Å². The summed E-state index contributed by atoms with van der Waals surface area (Å²) in [6.07, 6.45) is 2.58. The maximum absolute atomic E-state index is 12.5. The molecule has 2 heterocycles. The number of aromatic amines is 1. The van der Waals surface area contributed by atoms with Gasteiger partial charge in [0.05, 0.1) is 13.2 Å². The first-order chi connectivity index (χ1) is 11.8. The van der Waals surface area contributed by atoms with Crippen LogP contribution in [-0.2, 0) is 4.74 Å². The average Bonchev–Trinajstić information content (AvgIpc) is 3.02. The minimum absolute atomic E-state index is 0.117. The first-order valence-corrected chi connectivity index (χ1v) is 8.60. The van der Waals surface area contributed by atoms with Crippen molar-refractivity contribution in [3.63, 3.8) is 0 Å². The SMILES string of the molecule is O=C(NCCCN1CCOCC1)c1c[nH]c(=S)n1-c1ccccc1. The minimum atomic E-state index is -0.117. The van der Waals surface area contributed by atoms with Gasteiger partial charge in [0, 0.05) is 31.5 Å². The number of rotatable bonds is 6. The van der Waals surface area contributed by atoms with Crippen LogP contribution in [-0.4, -0.2) is 59.8 Å². The number of nitrogens with one attached hydrogen (secondary N) is 2. The number of carbonyl (C=O) groups excluding carboxylic acids is 1. The van der Waals surface area contributed by atoms with Gasteiger partial charge in [-0.15, -0.1) is 0 Å². The summed E-state index contributed by atoms with van der Waals surface area (Å²) in [6, 6.07) is 9.64. The second-order valence-corrected chi connectivity index (χ2v) is 6.10. The fraction of sp³-hybridized carbons (Fsp3) is 0.412. The molecule has 1 aliphatic heterocycles. The lowest BCUT2D eigenvalue weighted by Crippen LogP contribution is -2.38. The van der Waals surface area contributed by atoms with E-state index in [1.165, 1.54) is 0 Å². The van der Waals surface area contributed by atoms with Crippen LogP contribution < -0.4 is 5.32 Å². The maximum atomic E-state index is 12.5. The van der Waals surface area contributed by atoms with E-state index in [-0.39, 0.29) is 5.91 Å². The third-order valence-electron chi connectivity index (χ3n) is 4.06. The van der Waals surface area contributed by atoms with Gasteiger partial charge in [-0.05, 0) is 37.3 Å². The summed E-state index contributed by atoms with van der Waals surface area (Å²) in [4.78, 5) is 17.8. The van der Waals surface area contributed by atoms with Crippen LogP contribution in [0, 0.1) is 4.77 Å². The molecule has 3 rings (SSSR count). The number of carbonyl (C=O) groups is 1. The Bertz CT molecular complexity index is 720. The molecule has 0 saturated carbocycles. The zero-order chi connectivity index (χ0) is 16.8. The van der Waals surface area contributed by atoms with E-state index in [0.717, 1.165) is 45.0 Å². The van der Waals surface area contributed by atoms with E-state index in [1.54, 1.807) is 10.8 Å². The van der Waals surface area contributed by atoms with Crippen molar-refractivity contribution >= 4 is 18.1 Å². The molecule has 1 fully saturated rings. The number of nitrogens with zero attached hydrogens (tertiary/aromatic N) is 2. The predicted octanol–water partition coefficient (Wildman–Crippen LogP) is 1.99. The largest absolute Gasteiger partial charge is 0.379 e. The molecule has 1 aliphatic rings. The molecule has 1 aromatic carbocycles. The molecule has 6 nitrogen and oxygen atoms in total. The van der Waals surface area contributed by atoms with Crippen molar-refractivity contribution in [3.05, 3.63) is 47.0 Å². The van der Waals surface area contributed by atoms with Crippen LogP contribution in [0.15, 0.2) is 36.5 Å². The zero-order valence-electron chi connectivity index (χ0n) is 13.5. The lowest BCUT2D eigenvalue weighted by molar-refractivity contribution is 0.0374. The third-order valence-corrected chi connectivity index (χ3v) is 4.36. The predicted molar refractivity (Wildman–Crippen MR) is 95.2 cm³/mol. The fourth-order valence-corrected chi connectivity index (χ4v) is 3.05. The lowest BCUT2D eigenvalue weighted by Gasteiger charge is -2.26. The highest BCUT2D eigenvalue weighted by Crippen LogP contribution is 2.12. The summed E-state index contributed by atoms with van der Waals surface area (Å²) in [5, 5.41) is 2.98. The van der Waals surface area contributed by atoms with E-state index in [0.29, 0.717) is 17.0 Å². The highest BCUT2D eigenvalue weighted by molar-refractivity contribution is 7.71. The van der Waals surface area contributed by atoms with Gasteiger partial charge in [0.15, 0.2) is 4.77 Å². The number of hydrogen-bond donors (Lipinski definition) is 2. The first kappa shape index (κ1) is 16.9. The Morgan fingerprint density at radius 1 is 1.25 bits per heavy atom. The van der Waals surface area contributed by atoms with Gasteiger partial charge < -0.3 is 15.0 Å². The van der Waals surface area contributed by atoms with Gasteiger partial charge in [-0.3, -0.25) is 14.3 Å². The van der Waals surface area contributed by atoms with E-state index < -0.39 is 0 Å². The molecule has 1 saturated heterocycles. The van der Waals surface area contributed by atoms with Crippen LogP contribution in [0.2, 0.25) is 0 Å². The molecule has 128 valence electrons. The highest BCUT2D eigenvalue weighted by Gasteiger charge is 2.14. The second kappa shape index (κ2) is 8.23. The van der Waals surface area contributed by atoms with Crippen LogP contribution in [0.25, 0.3) is 5.69 Å². The third kappa shape index (κ3) is 4.11. The molecular weight excluding hydrogens is 324 g/mol. The number of amides is 1. The van der Waals surface area contributed by atoms with Gasteiger partial charge in [-0.25, -0.2) is 0 Å². The molecular formula is C17H22N4O2S.